The molecule has 0 N–H and O–H groups in total. The minimum atomic E-state index is -0.0975. The second kappa shape index (κ2) is 41.9. The van der Waals surface area contributed by atoms with Crippen molar-refractivity contribution >= 4 is 11.9 Å². The molecule has 0 aliphatic carbocycles. The van der Waals surface area contributed by atoms with Crippen molar-refractivity contribution in [2.45, 2.75) is 174 Å². The summed E-state index contributed by atoms with van der Waals surface area (Å²) in [4.78, 5) is 26.5. The van der Waals surface area contributed by atoms with Crippen molar-refractivity contribution in [1.29, 1.82) is 0 Å². The van der Waals surface area contributed by atoms with E-state index in [4.69, 9.17) is 18.9 Å². The number of ether oxygens (including phenoxy) is 4. The quantitative estimate of drug-likeness (QED) is 0.0370. The Hall–Kier alpha value is -3.84. The minimum absolute atomic E-state index is 0.0975. The number of rotatable bonds is 40. The van der Waals surface area contributed by atoms with E-state index < -0.39 is 0 Å². The Kier molecular flexibility index (Phi) is 37.8. The van der Waals surface area contributed by atoms with Gasteiger partial charge in [-0.25, -0.2) is 0 Å². The lowest BCUT2D eigenvalue weighted by atomic mass is 10.1. The van der Waals surface area contributed by atoms with Crippen molar-refractivity contribution in [2.75, 3.05) is 40.5 Å². The Bertz CT molecular complexity index is 1260. The first-order valence-corrected chi connectivity index (χ1v) is 23.7. The van der Waals surface area contributed by atoms with Crippen LogP contribution in [0.2, 0.25) is 0 Å². The molecule has 0 atom stereocenters. The van der Waals surface area contributed by atoms with E-state index in [0.717, 1.165) is 126 Å². The van der Waals surface area contributed by atoms with Crippen LogP contribution in [-0.2, 0) is 25.6 Å². The van der Waals surface area contributed by atoms with Gasteiger partial charge in [-0.2, -0.15) is 0 Å². The van der Waals surface area contributed by atoms with E-state index in [1.54, 1.807) is 0 Å². The van der Waals surface area contributed by atoms with Crippen LogP contribution in [0, 0.1) is 0 Å². The number of allylic oxidation sites excluding steroid dienone is 12. The van der Waals surface area contributed by atoms with Gasteiger partial charge in [0, 0.05) is 25.5 Å². The SMILES string of the molecule is CCC=CCC=CCC=CCCCCCCCC(=O)OCCCCOc1cc(CN(C)C)cc(OCCCCOC(=O)CCCCCCCC=CCC=CCC=CCC)c1. The predicted molar refractivity (Wildman–Crippen MR) is 254 cm³/mol. The molecule has 0 spiro atoms. The number of carbonyl (C=O) groups is 2. The fraction of sp³-hybridized carbons (Fsp3) is 0.623. The maximum atomic E-state index is 12.2. The summed E-state index contributed by atoms with van der Waals surface area (Å²) in [6, 6.07) is 6.05. The number of carbonyl (C=O) groups excluding carboxylic acids is 2. The lowest BCUT2D eigenvalue weighted by Gasteiger charge is -2.15. The first kappa shape index (κ1) is 54.2. The normalized spacial score (nSPS) is 12.2. The highest BCUT2D eigenvalue weighted by atomic mass is 16.5. The van der Waals surface area contributed by atoms with E-state index in [9.17, 15) is 9.59 Å². The largest absolute Gasteiger partial charge is 0.493 e. The average Bonchev–Trinajstić information content (AvgIpc) is 3.23. The second-order valence-corrected chi connectivity index (χ2v) is 15.8. The number of nitrogens with zero attached hydrogens (tertiary/aromatic N) is 1. The third kappa shape index (κ3) is 37.2. The van der Waals surface area contributed by atoms with Crippen molar-refractivity contribution in [2.24, 2.45) is 0 Å². The molecule has 0 bridgehead atoms. The van der Waals surface area contributed by atoms with Gasteiger partial charge in [0.25, 0.3) is 0 Å². The average molecular weight is 832 g/mol. The van der Waals surface area contributed by atoms with Crippen LogP contribution in [0.5, 0.6) is 11.5 Å². The van der Waals surface area contributed by atoms with Crippen LogP contribution in [0.3, 0.4) is 0 Å². The molecule has 60 heavy (non-hydrogen) atoms. The highest BCUT2D eigenvalue weighted by Crippen LogP contribution is 2.24. The van der Waals surface area contributed by atoms with Crippen molar-refractivity contribution in [1.82, 2.24) is 4.90 Å². The Morgan fingerprint density at radius 1 is 0.450 bits per heavy atom. The predicted octanol–water partition coefficient (Wildman–Crippen LogP) is 14.3. The van der Waals surface area contributed by atoms with Crippen molar-refractivity contribution in [3.63, 3.8) is 0 Å². The third-order valence-corrected chi connectivity index (χ3v) is 9.64. The molecule has 0 fully saturated rings. The van der Waals surface area contributed by atoms with Crippen LogP contribution in [0.4, 0.5) is 0 Å². The van der Waals surface area contributed by atoms with Gasteiger partial charge in [-0.1, -0.05) is 125 Å². The molecule has 1 aromatic rings. The summed E-state index contributed by atoms with van der Waals surface area (Å²) in [6.45, 7) is 7.04. The molecule has 338 valence electrons. The fourth-order valence-electron chi connectivity index (χ4n) is 6.34. The number of hydrogen-bond donors (Lipinski definition) is 0. The molecule has 0 heterocycles. The molecule has 1 aromatic carbocycles. The molecule has 0 saturated carbocycles. The number of hydrogen-bond acceptors (Lipinski definition) is 7. The molecule has 7 heteroatoms. The monoisotopic (exact) mass is 832 g/mol. The highest BCUT2D eigenvalue weighted by molar-refractivity contribution is 5.69. The van der Waals surface area contributed by atoms with Crippen LogP contribution >= 0.6 is 0 Å². The van der Waals surface area contributed by atoms with Gasteiger partial charge < -0.3 is 23.8 Å². The van der Waals surface area contributed by atoms with E-state index in [1.165, 1.54) is 38.5 Å². The van der Waals surface area contributed by atoms with E-state index in [0.29, 0.717) is 39.3 Å². The van der Waals surface area contributed by atoms with Crippen LogP contribution in [0.15, 0.2) is 91.1 Å². The molecule has 0 amide bonds. The molecular weight excluding hydrogens is 747 g/mol. The van der Waals surface area contributed by atoms with Gasteiger partial charge in [-0.3, -0.25) is 9.59 Å². The first-order chi connectivity index (χ1) is 29.4. The Labute approximate surface area is 367 Å². The number of benzene rings is 1. The summed E-state index contributed by atoms with van der Waals surface area (Å²) in [5.74, 6) is 1.36. The van der Waals surface area contributed by atoms with E-state index >= 15 is 0 Å². The topological polar surface area (TPSA) is 74.3 Å². The van der Waals surface area contributed by atoms with Crippen LogP contribution in [0.25, 0.3) is 0 Å². The molecule has 7 nitrogen and oxygen atoms in total. The van der Waals surface area contributed by atoms with E-state index in [2.05, 4.69) is 104 Å². The van der Waals surface area contributed by atoms with Gasteiger partial charge in [-0.05, 0) is 135 Å². The standard InChI is InChI=1S/C53H85NO6/c1-5-7-9-11-13-15-17-19-21-23-25-27-29-31-33-39-52(55)59-43-37-35-41-57-50-45-49(48-54(3)4)46-51(47-50)58-42-36-38-44-60-53(56)40-34-32-30-28-26-24-22-20-18-16-14-12-10-8-6-2/h7-10,13-16,19-22,45-47H,5-6,11-12,17-18,23-44,48H2,1-4H3. The van der Waals surface area contributed by atoms with E-state index in [1.807, 2.05) is 20.2 Å². The highest BCUT2D eigenvalue weighted by Gasteiger charge is 2.07. The molecule has 0 saturated heterocycles. The smallest absolute Gasteiger partial charge is 0.305 e. The summed E-state index contributed by atoms with van der Waals surface area (Å²) in [5, 5.41) is 0. The van der Waals surface area contributed by atoms with Crippen LogP contribution in [-0.4, -0.2) is 57.4 Å². The summed E-state index contributed by atoms with van der Waals surface area (Å²) in [7, 11) is 4.08. The third-order valence-electron chi connectivity index (χ3n) is 9.64. The second-order valence-electron chi connectivity index (χ2n) is 15.8. The molecule has 0 aliphatic heterocycles. The van der Waals surface area contributed by atoms with Crippen molar-refractivity contribution in [3.05, 3.63) is 96.7 Å². The minimum Gasteiger partial charge on any atom is -0.493 e. The Balaban J connectivity index is 2.11. The van der Waals surface area contributed by atoms with Gasteiger partial charge >= 0.3 is 11.9 Å². The van der Waals surface area contributed by atoms with Crippen molar-refractivity contribution in [3.8, 4) is 11.5 Å². The fourth-order valence-corrected chi connectivity index (χ4v) is 6.34. The van der Waals surface area contributed by atoms with Crippen molar-refractivity contribution < 1.29 is 28.5 Å². The summed E-state index contributed by atoms with van der Waals surface area (Å²) >= 11 is 0. The molecule has 0 radical (unpaired) electrons. The lowest BCUT2D eigenvalue weighted by molar-refractivity contribution is -0.144. The molecule has 0 aromatic heterocycles. The maximum absolute atomic E-state index is 12.2. The van der Waals surface area contributed by atoms with Gasteiger partial charge in [0.15, 0.2) is 0 Å². The molecular formula is C53H85NO6. The van der Waals surface area contributed by atoms with Crippen LogP contribution < -0.4 is 9.47 Å². The van der Waals surface area contributed by atoms with Gasteiger partial charge in [0.05, 0.1) is 26.4 Å². The molecule has 0 aliphatic rings. The maximum Gasteiger partial charge on any atom is 0.305 e. The lowest BCUT2D eigenvalue weighted by Crippen LogP contribution is -2.11. The van der Waals surface area contributed by atoms with Gasteiger partial charge in [-0.15, -0.1) is 0 Å². The summed E-state index contributed by atoms with van der Waals surface area (Å²) in [6.07, 6.45) is 50.6. The summed E-state index contributed by atoms with van der Waals surface area (Å²) < 4.78 is 23.1. The number of esters is 2. The zero-order chi connectivity index (χ0) is 43.4. The van der Waals surface area contributed by atoms with E-state index in [-0.39, 0.29) is 11.9 Å². The van der Waals surface area contributed by atoms with Gasteiger partial charge in [0.2, 0.25) is 0 Å². The zero-order valence-corrected chi connectivity index (χ0v) is 38.6. The summed E-state index contributed by atoms with van der Waals surface area (Å²) in [5.41, 5.74) is 1.12. The van der Waals surface area contributed by atoms with Gasteiger partial charge in [0.1, 0.15) is 11.5 Å². The van der Waals surface area contributed by atoms with Crippen LogP contribution in [0.1, 0.15) is 174 Å². The number of unbranched alkanes of at least 4 members (excludes halogenated alkanes) is 12. The molecule has 0 unspecified atom stereocenters. The zero-order valence-electron chi connectivity index (χ0n) is 38.6. The first-order valence-electron chi connectivity index (χ1n) is 23.7. The Morgan fingerprint density at radius 3 is 1.23 bits per heavy atom. The molecule has 1 rings (SSSR count). The Morgan fingerprint density at radius 2 is 0.817 bits per heavy atom.